The smallest absolute Gasteiger partial charge is 0.293 e. The lowest BCUT2D eigenvalue weighted by molar-refractivity contribution is -0.123. The van der Waals surface area contributed by atoms with Crippen LogP contribution in [0.4, 0.5) is 4.79 Å². The van der Waals surface area contributed by atoms with Gasteiger partial charge in [-0.15, -0.1) is 0 Å². The number of rotatable bonds is 5. The van der Waals surface area contributed by atoms with E-state index < -0.39 is 5.91 Å². The second-order valence-corrected chi connectivity index (χ2v) is 8.40. The van der Waals surface area contributed by atoms with Crippen molar-refractivity contribution in [1.82, 2.24) is 4.90 Å². The zero-order valence-corrected chi connectivity index (χ0v) is 18.4. The predicted octanol–water partition coefficient (Wildman–Crippen LogP) is 5.57. The van der Waals surface area contributed by atoms with Crippen molar-refractivity contribution >= 4 is 40.6 Å². The lowest BCUT2D eigenvalue weighted by Crippen LogP contribution is -2.27. The largest absolute Gasteiger partial charge is 0.497 e. The monoisotopic (exact) mass is 469 g/mol. The van der Waals surface area contributed by atoms with Crippen molar-refractivity contribution in [2.24, 2.45) is 0 Å². The summed E-state index contributed by atoms with van der Waals surface area (Å²) in [5, 5.41) is 0.0146. The third kappa shape index (κ3) is 3.83. The SMILES string of the molecule is COc1cccc(-c2ccc(C=C3SC(=O)N(Cc4cc5c(cc4Cl)OCO5)C3=O)o2)c1. The maximum atomic E-state index is 12.9. The van der Waals surface area contributed by atoms with Crippen LogP contribution in [0.1, 0.15) is 11.3 Å². The predicted molar refractivity (Wildman–Crippen MR) is 120 cm³/mol. The molecule has 1 saturated heterocycles. The average molecular weight is 470 g/mol. The van der Waals surface area contributed by atoms with Crippen LogP contribution < -0.4 is 14.2 Å². The molecule has 2 aromatic carbocycles. The molecule has 0 spiro atoms. The van der Waals surface area contributed by atoms with Gasteiger partial charge in [-0.1, -0.05) is 23.7 Å². The molecule has 2 amide bonds. The highest BCUT2D eigenvalue weighted by Crippen LogP contribution is 2.39. The molecule has 0 aliphatic carbocycles. The van der Waals surface area contributed by atoms with E-state index in [-0.39, 0.29) is 23.5 Å². The van der Waals surface area contributed by atoms with Gasteiger partial charge in [0.2, 0.25) is 6.79 Å². The Kier molecular flexibility index (Phi) is 5.32. The van der Waals surface area contributed by atoms with Gasteiger partial charge in [0.25, 0.3) is 11.1 Å². The molecule has 162 valence electrons. The van der Waals surface area contributed by atoms with Crippen molar-refractivity contribution in [3.63, 3.8) is 0 Å². The highest BCUT2D eigenvalue weighted by atomic mass is 35.5. The summed E-state index contributed by atoms with van der Waals surface area (Å²) in [5.41, 5.74) is 1.44. The van der Waals surface area contributed by atoms with Crippen molar-refractivity contribution in [1.29, 1.82) is 0 Å². The third-order valence-electron chi connectivity index (χ3n) is 5.00. The Morgan fingerprint density at radius 3 is 2.75 bits per heavy atom. The number of carbonyl (C=O) groups excluding carboxylic acids is 2. The molecular formula is C23H16ClNO6S. The lowest BCUT2D eigenvalue weighted by atomic mass is 10.1. The number of hydrogen-bond acceptors (Lipinski definition) is 7. The number of nitrogens with zero attached hydrogens (tertiary/aromatic N) is 1. The van der Waals surface area contributed by atoms with Gasteiger partial charge in [0.1, 0.15) is 17.3 Å². The summed E-state index contributed by atoms with van der Waals surface area (Å²) in [6.07, 6.45) is 1.57. The number of benzene rings is 2. The third-order valence-corrected chi connectivity index (χ3v) is 6.26. The van der Waals surface area contributed by atoms with Crippen molar-refractivity contribution in [2.75, 3.05) is 13.9 Å². The van der Waals surface area contributed by atoms with Crippen molar-refractivity contribution < 1.29 is 28.2 Å². The Balaban J connectivity index is 1.36. The van der Waals surface area contributed by atoms with Crippen LogP contribution in [0.5, 0.6) is 17.2 Å². The number of carbonyl (C=O) groups is 2. The molecule has 0 bridgehead atoms. The van der Waals surface area contributed by atoms with E-state index in [9.17, 15) is 9.59 Å². The fraction of sp³-hybridized carbons (Fsp3) is 0.130. The Bertz CT molecular complexity index is 1270. The molecular weight excluding hydrogens is 454 g/mol. The molecule has 0 unspecified atom stereocenters. The van der Waals surface area contributed by atoms with Gasteiger partial charge in [-0.2, -0.15) is 0 Å². The molecule has 0 N–H and O–H groups in total. The zero-order chi connectivity index (χ0) is 22.2. The molecule has 7 nitrogen and oxygen atoms in total. The van der Waals surface area contributed by atoms with Crippen LogP contribution in [0.3, 0.4) is 0 Å². The summed E-state index contributed by atoms with van der Waals surface area (Å²) in [6.45, 7) is 0.144. The van der Waals surface area contributed by atoms with E-state index in [1.165, 1.54) is 0 Å². The minimum atomic E-state index is -0.409. The van der Waals surface area contributed by atoms with Crippen molar-refractivity contribution in [3.8, 4) is 28.6 Å². The van der Waals surface area contributed by atoms with E-state index >= 15 is 0 Å². The van der Waals surface area contributed by atoms with E-state index in [4.69, 9.17) is 30.2 Å². The van der Waals surface area contributed by atoms with Crippen LogP contribution in [0.25, 0.3) is 17.4 Å². The van der Waals surface area contributed by atoms with Gasteiger partial charge >= 0.3 is 0 Å². The number of methoxy groups -OCH3 is 1. The van der Waals surface area contributed by atoms with Gasteiger partial charge in [0.15, 0.2) is 11.5 Å². The summed E-state index contributed by atoms with van der Waals surface area (Å²) in [4.78, 5) is 26.8. The molecule has 1 fully saturated rings. The van der Waals surface area contributed by atoms with Crippen LogP contribution in [-0.2, 0) is 11.3 Å². The number of furan rings is 1. The number of thioether (sulfide) groups is 1. The number of ether oxygens (including phenoxy) is 3. The Hall–Kier alpha value is -3.36. The Morgan fingerprint density at radius 2 is 1.94 bits per heavy atom. The highest BCUT2D eigenvalue weighted by molar-refractivity contribution is 8.18. The maximum absolute atomic E-state index is 12.9. The summed E-state index contributed by atoms with van der Waals surface area (Å²) >= 11 is 7.16. The molecule has 9 heteroatoms. The van der Waals surface area contributed by atoms with E-state index in [1.807, 2.05) is 24.3 Å². The standard InChI is InChI=1S/C23H16ClNO6S/c1-28-15-4-2-3-13(7-15)18-6-5-16(31-18)9-21-22(26)25(23(27)32-21)11-14-8-19-20(10-17(14)24)30-12-29-19/h2-10H,11-12H2,1H3. The van der Waals surface area contributed by atoms with Crippen molar-refractivity contribution in [2.45, 2.75) is 6.54 Å². The fourth-order valence-corrected chi connectivity index (χ4v) is 4.41. The molecule has 0 atom stereocenters. The number of fused-ring (bicyclic) bond motifs is 1. The van der Waals surface area contributed by atoms with Gasteiger partial charge in [-0.05, 0) is 47.7 Å². The van der Waals surface area contributed by atoms with Crippen LogP contribution in [0.15, 0.2) is 57.9 Å². The van der Waals surface area contributed by atoms with Crippen LogP contribution >= 0.6 is 23.4 Å². The van der Waals surface area contributed by atoms with E-state index in [0.717, 1.165) is 22.2 Å². The van der Waals surface area contributed by atoms with Gasteiger partial charge in [-0.3, -0.25) is 14.5 Å². The number of imide groups is 1. The minimum Gasteiger partial charge on any atom is -0.497 e. The summed E-state index contributed by atoms with van der Waals surface area (Å²) in [5.74, 6) is 2.47. The quantitative estimate of drug-likeness (QED) is 0.452. The van der Waals surface area contributed by atoms with Crippen LogP contribution in [0.2, 0.25) is 5.02 Å². The molecule has 0 radical (unpaired) electrons. The van der Waals surface area contributed by atoms with Gasteiger partial charge in [-0.25, -0.2) is 0 Å². The number of amides is 2. The molecule has 3 aromatic rings. The van der Waals surface area contributed by atoms with E-state index in [1.54, 1.807) is 37.5 Å². The second kappa shape index (κ2) is 8.29. The normalized spacial score (nSPS) is 16.3. The lowest BCUT2D eigenvalue weighted by Gasteiger charge is -2.14. The summed E-state index contributed by atoms with van der Waals surface area (Å²) in [7, 11) is 1.60. The van der Waals surface area contributed by atoms with E-state index in [2.05, 4.69) is 0 Å². The second-order valence-electron chi connectivity index (χ2n) is 7.00. The van der Waals surface area contributed by atoms with Crippen molar-refractivity contribution in [3.05, 3.63) is 69.8 Å². The zero-order valence-electron chi connectivity index (χ0n) is 16.8. The van der Waals surface area contributed by atoms with E-state index in [0.29, 0.717) is 39.4 Å². The molecule has 2 aliphatic heterocycles. The first kappa shape index (κ1) is 20.5. The number of hydrogen-bond donors (Lipinski definition) is 0. The topological polar surface area (TPSA) is 78.2 Å². The Morgan fingerprint density at radius 1 is 1.12 bits per heavy atom. The van der Waals surface area contributed by atoms with Crippen LogP contribution in [0, 0.1) is 0 Å². The first-order valence-electron chi connectivity index (χ1n) is 9.59. The van der Waals surface area contributed by atoms with Crippen LogP contribution in [-0.4, -0.2) is 29.9 Å². The average Bonchev–Trinajstić information content (AvgIpc) is 3.50. The van der Waals surface area contributed by atoms with Gasteiger partial charge in [0.05, 0.1) is 18.6 Å². The maximum Gasteiger partial charge on any atom is 0.293 e. The van der Waals surface area contributed by atoms with Gasteiger partial charge in [0, 0.05) is 22.7 Å². The molecule has 0 saturated carbocycles. The fourth-order valence-electron chi connectivity index (χ4n) is 3.38. The molecule has 5 rings (SSSR count). The van der Waals surface area contributed by atoms with Gasteiger partial charge < -0.3 is 18.6 Å². The summed E-state index contributed by atoms with van der Waals surface area (Å²) < 4.78 is 21.8. The minimum absolute atomic E-state index is 0.0324. The first-order chi connectivity index (χ1) is 15.5. The summed E-state index contributed by atoms with van der Waals surface area (Å²) in [6, 6.07) is 14.3. The highest BCUT2D eigenvalue weighted by Gasteiger charge is 2.36. The molecule has 2 aliphatic rings. The first-order valence-corrected chi connectivity index (χ1v) is 10.8. The molecule has 3 heterocycles. The molecule has 32 heavy (non-hydrogen) atoms. The Labute approximate surface area is 192 Å². The number of halogens is 1. The molecule has 1 aromatic heterocycles.